The fourth-order valence-corrected chi connectivity index (χ4v) is 3.05. The summed E-state index contributed by atoms with van der Waals surface area (Å²) in [6.45, 7) is 7.02. The maximum atomic E-state index is 12.6. The molecule has 0 aromatic heterocycles. The molecule has 1 aromatic carbocycles. The molecule has 0 aliphatic carbocycles. The number of esters is 1. The number of carbonyl (C=O) groups is 1. The van der Waals surface area contributed by atoms with Crippen LogP contribution in [0.25, 0.3) is 6.08 Å². The van der Waals surface area contributed by atoms with E-state index in [2.05, 4.69) is 4.74 Å². The summed E-state index contributed by atoms with van der Waals surface area (Å²) in [6.07, 6.45) is 2.46. The predicted octanol–water partition coefficient (Wildman–Crippen LogP) is 2.91. The highest BCUT2D eigenvalue weighted by Gasteiger charge is 2.51. The molecule has 0 bridgehead atoms. The number of fused-ring (bicyclic) bond motifs is 1. The van der Waals surface area contributed by atoms with Gasteiger partial charge in [-0.1, -0.05) is 0 Å². The predicted molar refractivity (Wildman–Crippen MR) is 82.7 cm³/mol. The lowest BCUT2D eigenvalue weighted by atomic mass is 9.88. The zero-order chi connectivity index (χ0) is 17.6. The summed E-state index contributed by atoms with van der Waals surface area (Å²) in [5.41, 5.74) is -0.232. The first-order valence-corrected chi connectivity index (χ1v) is 7.10. The second kappa shape index (κ2) is 5.43. The fraction of sp³-hybridized carbons (Fsp3) is 0.438. The molecule has 0 fully saturated rings. The van der Waals surface area contributed by atoms with Gasteiger partial charge in [-0.25, -0.2) is 4.79 Å². The number of methoxy groups -OCH3 is 1. The standard InChI is InChI=1S/C16H19N2O5/c1-15(2)11-8-10(6-7-14(19)23-5)13(17(20)21)9-12(11)16(3,4)18(15)22/h6-9H,1-5H3/b7-6+. The van der Waals surface area contributed by atoms with Crippen LogP contribution in [0.5, 0.6) is 0 Å². The van der Waals surface area contributed by atoms with Gasteiger partial charge >= 0.3 is 5.97 Å². The highest BCUT2D eigenvalue weighted by molar-refractivity contribution is 5.88. The molecule has 0 amide bonds. The molecule has 0 saturated carbocycles. The number of benzene rings is 1. The first kappa shape index (κ1) is 17.1. The Hall–Kier alpha value is -2.25. The van der Waals surface area contributed by atoms with Crippen molar-refractivity contribution in [3.8, 4) is 0 Å². The SMILES string of the molecule is COC(=O)/C=C/c1cc2c(cc1[N+](=O)[O-])C(C)(C)N([O])C2(C)C. The van der Waals surface area contributed by atoms with E-state index in [0.29, 0.717) is 11.1 Å². The van der Waals surface area contributed by atoms with Gasteiger partial charge in [0.1, 0.15) is 0 Å². The number of hydrogen-bond donors (Lipinski definition) is 0. The Morgan fingerprint density at radius 3 is 2.22 bits per heavy atom. The molecule has 0 unspecified atom stereocenters. The molecule has 123 valence electrons. The number of carbonyl (C=O) groups excluding carboxylic acids is 1. The second-order valence-corrected chi connectivity index (χ2v) is 6.48. The van der Waals surface area contributed by atoms with E-state index < -0.39 is 22.0 Å². The van der Waals surface area contributed by atoms with E-state index in [9.17, 15) is 20.1 Å². The number of hydrogen-bond acceptors (Lipinski definition) is 5. The van der Waals surface area contributed by atoms with Crippen molar-refractivity contribution in [3.63, 3.8) is 0 Å². The van der Waals surface area contributed by atoms with Crippen LogP contribution in [0, 0.1) is 10.1 Å². The first-order valence-electron chi connectivity index (χ1n) is 7.10. The van der Waals surface area contributed by atoms with Crippen LogP contribution in [0.1, 0.15) is 44.4 Å². The lowest BCUT2D eigenvalue weighted by Gasteiger charge is -2.32. The number of ether oxygens (including phenoxy) is 1. The molecule has 2 rings (SSSR count). The van der Waals surface area contributed by atoms with Gasteiger partial charge in [0.2, 0.25) is 0 Å². The van der Waals surface area contributed by atoms with Crippen LogP contribution in [0.2, 0.25) is 0 Å². The van der Waals surface area contributed by atoms with E-state index in [4.69, 9.17) is 0 Å². The third kappa shape index (κ3) is 2.62. The minimum atomic E-state index is -0.867. The van der Waals surface area contributed by atoms with Crippen LogP contribution < -0.4 is 0 Å². The van der Waals surface area contributed by atoms with Crippen molar-refractivity contribution >= 4 is 17.7 Å². The molecule has 0 atom stereocenters. The zero-order valence-corrected chi connectivity index (χ0v) is 13.7. The summed E-state index contributed by atoms with van der Waals surface area (Å²) in [6, 6.07) is 3.03. The molecular formula is C16H19N2O5. The molecular weight excluding hydrogens is 300 g/mol. The summed E-state index contributed by atoms with van der Waals surface area (Å²) in [5.74, 6) is -0.607. The average molecular weight is 319 g/mol. The molecule has 23 heavy (non-hydrogen) atoms. The zero-order valence-electron chi connectivity index (χ0n) is 13.7. The fourth-order valence-electron chi connectivity index (χ4n) is 3.05. The first-order chi connectivity index (χ1) is 10.5. The normalized spacial score (nSPS) is 18.9. The van der Waals surface area contributed by atoms with Crippen LogP contribution >= 0.6 is 0 Å². The molecule has 1 aliphatic heterocycles. The van der Waals surface area contributed by atoms with E-state index in [1.54, 1.807) is 33.8 Å². The van der Waals surface area contributed by atoms with Crippen molar-refractivity contribution in [1.29, 1.82) is 0 Å². The van der Waals surface area contributed by atoms with Crippen LogP contribution in [0.4, 0.5) is 5.69 Å². The van der Waals surface area contributed by atoms with E-state index in [0.717, 1.165) is 11.1 Å². The number of rotatable bonds is 3. The maximum Gasteiger partial charge on any atom is 0.330 e. The number of hydroxylamine groups is 2. The van der Waals surface area contributed by atoms with Gasteiger partial charge in [0.05, 0.1) is 28.7 Å². The van der Waals surface area contributed by atoms with Crippen molar-refractivity contribution in [2.75, 3.05) is 7.11 Å². The highest BCUT2D eigenvalue weighted by Crippen LogP contribution is 2.50. The van der Waals surface area contributed by atoms with Crippen molar-refractivity contribution < 1.29 is 19.7 Å². The Morgan fingerprint density at radius 2 is 1.74 bits per heavy atom. The number of nitro benzene ring substituents is 1. The molecule has 1 aliphatic rings. The van der Waals surface area contributed by atoms with Gasteiger partial charge < -0.3 is 4.74 Å². The monoisotopic (exact) mass is 319 g/mol. The Bertz CT molecular complexity index is 707. The minimum absolute atomic E-state index is 0.150. The molecule has 0 spiro atoms. The van der Waals surface area contributed by atoms with Gasteiger partial charge in [0, 0.05) is 12.1 Å². The Balaban J connectivity index is 2.69. The molecule has 1 heterocycles. The van der Waals surface area contributed by atoms with Gasteiger partial charge in [-0.15, -0.1) is 10.3 Å². The lowest BCUT2D eigenvalue weighted by Crippen LogP contribution is -2.41. The van der Waals surface area contributed by atoms with E-state index in [-0.39, 0.29) is 11.3 Å². The second-order valence-electron chi connectivity index (χ2n) is 6.48. The Kier molecular flexibility index (Phi) is 4.04. The Labute approximate surface area is 134 Å². The van der Waals surface area contributed by atoms with E-state index in [1.165, 1.54) is 19.3 Å². The molecule has 0 saturated heterocycles. The van der Waals surface area contributed by atoms with Crippen molar-refractivity contribution in [2.45, 2.75) is 38.8 Å². The quantitative estimate of drug-likeness (QED) is 0.369. The van der Waals surface area contributed by atoms with Crippen LogP contribution in [0.15, 0.2) is 18.2 Å². The molecule has 7 nitrogen and oxygen atoms in total. The summed E-state index contributed by atoms with van der Waals surface area (Å²) < 4.78 is 4.50. The maximum absolute atomic E-state index is 12.6. The summed E-state index contributed by atoms with van der Waals surface area (Å²) in [4.78, 5) is 22.1. The minimum Gasteiger partial charge on any atom is -0.466 e. The van der Waals surface area contributed by atoms with Crippen LogP contribution in [-0.2, 0) is 25.8 Å². The van der Waals surface area contributed by atoms with Crippen molar-refractivity contribution in [3.05, 3.63) is 45.0 Å². The summed E-state index contributed by atoms with van der Waals surface area (Å²) >= 11 is 0. The molecule has 1 aromatic rings. The van der Waals surface area contributed by atoms with Gasteiger partial charge in [0.15, 0.2) is 0 Å². The van der Waals surface area contributed by atoms with Gasteiger partial charge in [0.25, 0.3) is 5.69 Å². The van der Waals surface area contributed by atoms with Crippen LogP contribution in [0.3, 0.4) is 0 Å². The molecule has 7 heteroatoms. The lowest BCUT2D eigenvalue weighted by molar-refractivity contribution is -0.385. The summed E-state index contributed by atoms with van der Waals surface area (Å²) in [7, 11) is 1.23. The third-order valence-electron chi connectivity index (χ3n) is 4.30. The summed E-state index contributed by atoms with van der Waals surface area (Å²) in [5, 5.41) is 24.9. The van der Waals surface area contributed by atoms with Crippen molar-refractivity contribution in [1.82, 2.24) is 5.06 Å². The number of nitro groups is 1. The number of nitrogens with zero attached hydrogens (tertiary/aromatic N) is 2. The van der Waals surface area contributed by atoms with Gasteiger partial charge in [-0.3, -0.25) is 10.1 Å². The molecule has 1 radical (unpaired) electrons. The highest BCUT2D eigenvalue weighted by atomic mass is 16.6. The van der Waals surface area contributed by atoms with Crippen molar-refractivity contribution in [2.24, 2.45) is 0 Å². The van der Waals surface area contributed by atoms with Crippen LogP contribution in [-0.4, -0.2) is 23.1 Å². The third-order valence-corrected chi connectivity index (χ3v) is 4.30. The molecule has 0 N–H and O–H groups in total. The van der Waals surface area contributed by atoms with E-state index in [1.807, 2.05) is 0 Å². The van der Waals surface area contributed by atoms with Gasteiger partial charge in [-0.2, -0.15) is 0 Å². The Morgan fingerprint density at radius 1 is 1.22 bits per heavy atom. The van der Waals surface area contributed by atoms with Gasteiger partial charge in [-0.05, 0) is 51.0 Å². The van der Waals surface area contributed by atoms with E-state index >= 15 is 0 Å². The smallest absolute Gasteiger partial charge is 0.330 e. The topological polar surface area (TPSA) is 92.6 Å². The largest absolute Gasteiger partial charge is 0.466 e. The average Bonchev–Trinajstić information content (AvgIpc) is 2.62.